The molecule has 1 aliphatic rings. The Hall–Kier alpha value is -0.510. The number of ether oxygens (including phenoxy) is 2. The maximum Gasteiger partial charge on any atom is 0.161 e. The van der Waals surface area contributed by atoms with Gasteiger partial charge in [-0.25, -0.2) is 9.97 Å². The predicted molar refractivity (Wildman–Crippen MR) is 90.4 cm³/mol. The highest BCUT2D eigenvalue weighted by Crippen LogP contribution is 2.25. The Labute approximate surface area is 139 Å². The van der Waals surface area contributed by atoms with Gasteiger partial charge in [0.1, 0.15) is 11.9 Å². The molecule has 6 nitrogen and oxygen atoms in total. The first kappa shape index (κ1) is 16.9. The number of nitrogens with one attached hydrogen (secondary N) is 1. The van der Waals surface area contributed by atoms with Crippen LogP contribution >= 0.6 is 22.6 Å². The summed E-state index contributed by atoms with van der Waals surface area (Å²) in [4.78, 5) is 11.7. The topological polar surface area (TPSA) is 59.5 Å². The average molecular weight is 406 g/mol. The third-order valence-corrected chi connectivity index (χ3v) is 4.58. The molecule has 2 heterocycles. The molecule has 1 unspecified atom stereocenters. The van der Waals surface area contributed by atoms with Gasteiger partial charge in [0.25, 0.3) is 0 Å². The number of nitrogens with zero attached hydrogens (tertiary/aromatic N) is 3. The van der Waals surface area contributed by atoms with Gasteiger partial charge in [-0.1, -0.05) is 6.92 Å². The number of rotatable bonds is 6. The zero-order valence-corrected chi connectivity index (χ0v) is 15.0. The van der Waals surface area contributed by atoms with Crippen LogP contribution in [-0.4, -0.2) is 54.8 Å². The quantitative estimate of drug-likeness (QED) is 0.730. The normalized spacial score (nSPS) is 19.7. The van der Waals surface area contributed by atoms with E-state index in [4.69, 9.17) is 9.47 Å². The smallest absolute Gasteiger partial charge is 0.161 e. The summed E-state index contributed by atoms with van der Waals surface area (Å²) in [6.45, 7) is 9.10. The third-order valence-electron chi connectivity index (χ3n) is 3.45. The van der Waals surface area contributed by atoms with Gasteiger partial charge in [-0.2, -0.15) is 0 Å². The summed E-state index contributed by atoms with van der Waals surface area (Å²) in [5, 5.41) is 3.30. The van der Waals surface area contributed by atoms with Crippen LogP contribution in [0.25, 0.3) is 0 Å². The monoisotopic (exact) mass is 406 g/mol. The maximum absolute atomic E-state index is 5.86. The molecule has 1 aromatic heterocycles. The van der Waals surface area contributed by atoms with Crippen LogP contribution in [-0.2, 0) is 16.1 Å². The van der Waals surface area contributed by atoms with E-state index in [1.54, 1.807) is 7.11 Å². The molecule has 1 aliphatic heterocycles. The molecule has 2 rings (SSSR count). The minimum absolute atomic E-state index is 0.0660. The molecular weight excluding hydrogens is 383 g/mol. The van der Waals surface area contributed by atoms with E-state index < -0.39 is 0 Å². The number of hydrogen-bond acceptors (Lipinski definition) is 6. The summed E-state index contributed by atoms with van der Waals surface area (Å²) in [5.74, 6) is 1.61. The van der Waals surface area contributed by atoms with E-state index in [9.17, 15) is 0 Å². The van der Waals surface area contributed by atoms with E-state index >= 15 is 0 Å². The standard InChI is InChI=1S/C14H23IN4O2/c1-4-16-14-12(15)10(9-20-3)17-13(18-14)11-8-19(5-2)6-7-21-11/h11H,4-9H2,1-3H3,(H,16,17,18). The first-order valence-corrected chi connectivity index (χ1v) is 8.40. The molecule has 0 spiro atoms. The zero-order valence-electron chi connectivity index (χ0n) is 12.9. The van der Waals surface area contributed by atoms with Gasteiger partial charge >= 0.3 is 0 Å². The predicted octanol–water partition coefficient (Wildman–Crippen LogP) is 2.05. The van der Waals surface area contributed by atoms with Crippen molar-refractivity contribution in [1.82, 2.24) is 14.9 Å². The summed E-state index contributed by atoms with van der Waals surface area (Å²) in [7, 11) is 1.68. The van der Waals surface area contributed by atoms with Crippen LogP contribution in [0.2, 0.25) is 0 Å². The van der Waals surface area contributed by atoms with Crippen molar-refractivity contribution >= 4 is 28.4 Å². The van der Waals surface area contributed by atoms with E-state index in [-0.39, 0.29) is 6.10 Å². The number of methoxy groups -OCH3 is 1. The second-order valence-corrected chi connectivity index (χ2v) is 5.99. The van der Waals surface area contributed by atoms with Crippen molar-refractivity contribution in [2.24, 2.45) is 0 Å². The Balaban J connectivity index is 2.29. The highest BCUT2D eigenvalue weighted by atomic mass is 127. The van der Waals surface area contributed by atoms with Crippen molar-refractivity contribution in [3.05, 3.63) is 15.1 Å². The van der Waals surface area contributed by atoms with Gasteiger partial charge in [-0.15, -0.1) is 0 Å². The van der Waals surface area contributed by atoms with Crippen LogP contribution in [0.5, 0.6) is 0 Å². The van der Waals surface area contributed by atoms with Crippen molar-refractivity contribution in [2.75, 3.05) is 45.2 Å². The average Bonchev–Trinajstić information content (AvgIpc) is 2.51. The molecule has 0 bridgehead atoms. The van der Waals surface area contributed by atoms with Gasteiger partial charge in [-0.3, -0.25) is 4.90 Å². The summed E-state index contributed by atoms with van der Waals surface area (Å²) in [6, 6.07) is 0. The van der Waals surface area contributed by atoms with Crippen molar-refractivity contribution in [3.8, 4) is 0 Å². The fourth-order valence-corrected chi connectivity index (χ4v) is 2.91. The second kappa shape index (κ2) is 8.21. The molecule has 1 aromatic rings. The lowest BCUT2D eigenvalue weighted by molar-refractivity contribution is -0.0327. The lowest BCUT2D eigenvalue weighted by Crippen LogP contribution is -2.38. The van der Waals surface area contributed by atoms with Gasteiger partial charge in [0.2, 0.25) is 0 Å². The Bertz CT molecular complexity index is 445. The van der Waals surface area contributed by atoms with Crippen molar-refractivity contribution in [2.45, 2.75) is 26.6 Å². The fraction of sp³-hybridized carbons (Fsp3) is 0.714. The molecule has 1 N–H and O–H groups in total. The van der Waals surface area contributed by atoms with Crippen molar-refractivity contribution in [1.29, 1.82) is 0 Å². The van der Waals surface area contributed by atoms with Gasteiger partial charge < -0.3 is 14.8 Å². The molecule has 0 radical (unpaired) electrons. The third kappa shape index (κ3) is 4.24. The maximum atomic E-state index is 5.86. The number of halogens is 1. The summed E-state index contributed by atoms with van der Waals surface area (Å²) < 4.78 is 12.1. The number of anilines is 1. The van der Waals surface area contributed by atoms with E-state index in [2.05, 4.69) is 56.6 Å². The molecule has 21 heavy (non-hydrogen) atoms. The molecule has 0 aliphatic carbocycles. The number of hydrogen-bond donors (Lipinski definition) is 1. The first-order chi connectivity index (χ1) is 10.2. The van der Waals surface area contributed by atoms with Crippen molar-refractivity contribution < 1.29 is 9.47 Å². The summed E-state index contributed by atoms with van der Waals surface area (Å²) in [6.07, 6.45) is -0.0660. The zero-order chi connectivity index (χ0) is 15.2. The van der Waals surface area contributed by atoms with E-state index in [0.29, 0.717) is 6.61 Å². The molecule has 0 aromatic carbocycles. The molecular formula is C14H23IN4O2. The minimum atomic E-state index is -0.0660. The first-order valence-electron chi connectivity index (χ1n) is 7.32. The van der Waals surface area contributed by atoms with E-state index in [1.165, 1.54) is 0 Å². The molecule has 118 valence electrons. The highest BCUT2D eigenvalue weighted by molar-refractivity contribution is 14.1. The summed E-state index contributed by atoms with van der Waals surface area (Å²) >= 11 is 2.27. The lowest BCUT2D eigenvalue weighted by atomic mass is 10.2. The fourth-order valence-electron chi connectivity index (χ4n) is 2.32. The molecule has 1 atom stereocenters. The highest BCUT2D eigenvalue weighted by Gasteiger charge is 2.25. The van der Waals surface area contributed by atoms with Crippen LogP contribution in [0.15, 0.2) is 0 Å². The SMILES string of the molecule is CCNc1nc(C2CN(CC)CCO2)nc(COC)c1I. The van der Waals surface area contributed by atoms with Gasteiger partial charge in [0.05, 0.1) is 22.5 Å². The van der Waals surface area contributed by atoms with E-state index in [0.717, 1.165) is 53.7 Å². The molecule has 7 heteroatoms. The van der Waals surface area contributed by atoms with Gasteiger partial charge in [0.15, 0.2) is 5.82 Å². The van der Waals surface area contributed by atoms with Crippen LogP contribution in [0.4, 0.5) is 5.82 Å². The van der Waals surface area contributed by atoms with Crippen LogP contribution in [0.1, 0.15) is 31.5 Å². The Morgan fingerprint density at radius 2 is 2.24 bits per heavy atom. The van der Waals surface area contributed by atoms with Crippen LogP contribution in [0.3, 0.4) is 0 Å². The van der Waals surface area contributed by atoms with Crippen LogP contribution < -0.4 is 5.32 Å². The van der Waals surface area contributed by atoms with Gasteiger partial charge in [0, 0.05) is 26.7 Å². The minimum Gasteiger partial charge on any atom is -0.378 e. The van der Waals surface area contributed by atoms with Gasteiger partial charge in [-0.05, 0) is 36.1 Å². The Morgan fingerprint density at radius 3 is 2.90 bits per heavy atom. The number of morpholine rings is 1. The largest absolute Gasteiger partial charge is 0.378 e. The summed E-state index contributed by atoms with van der Waals surface area (Å²) in [5.41, 5.74) is 0.913. The van der Waals surface area contributed by atoms with E-state index in [1.807, 2.05) is 0 Å². The molecule has 0 amide bonds. The molecule has 1 fully saturated rings. The Morgan fingerprint density at radius 1 is 1.43 bits per heavy atom. The lowest BCUT2D eigenvalue weighted by Gasteiger charge is -2.31. The molecule has 1 saturated heterocycles. The Kier molecular flexibility index (Phi) is 6.59. The number of aromatic nitrogens is 2. The van der Waals surface area contributed by atoms with Crippen LogP contribution in [0, 0.1) is 3.57 Å². The molecule has 0 saturated carbocycles. The second-order valence-electron chi connectivity index (χ2n) is 4.91. The van der Waals surface area contributed by atoms with Crippen molar-refractivity contribution in [3.63, 3.8) is 0 Å². The number of likely N-dealkylation sites (N-methyl/N-ethyl adjacent to an activating group) is 1.